The lowest BCUT2D eigenvalue weighted by Gasteiger charge is -2.49. The van der Waals surface area contributed by atoms with Crippen LogP contribution >= 0.6 is 0 Å². The second kappa shape index (κ2) is 9.15. The number of hydrogen-bond donors (Lipinski definition) is 0. The van der Waals surface area contributed by atoms with Gasteiger partial charge in [0.05, 0.1) is 26.4 Å². The second-order valence-corrected chi connectivity index (χ2v) is 7.84. The Hall–Kier alpha value is -2.43. The summed E-state index contributed by atoms with van der Waals surface area (Å²) in [6.45, 7) is 7.09. The first-order valence-electron chi connectivity index (χ1n) is 10.5. The van der Waals surface area contributed by atoms with Gasteiger partial charge in [-0.2, -0.15) is 0 Å². The van der Waals surface area contributed by atoms with E-state index in [9.17, 15) is 4.79 Å². The molecule has 4 rings (SSSR count). The molecule has 10 heteroatoms. The lowest BCUT2D eigenvalue weighted by molar-refractivity contribution is -0.0573. The summed E-state index contributed by atoms with van der Waals surface area (Å²) in [5.41, 5.74) is 0.853. The number of aryl methyl sites for hydroxylation is 1. The maximum absolute atomic E-state index is 13.3. The van der Waals surface area contributed by atoms with Crippen molar-refractivity contribution < 1.29 is 14.3 Å². The number of hydrogen-bond acceptors (Lipinski definition) is 8. The summed E-state index contributed by atoms with van der Waals surface area (Å²) < 4.78 is 12.7. The second-order valence-electron chi connectivity index (χ2n) is 7.84. The average Bonchev–Trinajstić information content (AvgIpc) is 3.27. The quantitative estimate of drug-likeness (QED) is 0.672. The fourth-order valence-corrected chi connectivity index (χ4v) is 4.47. The monoisotopic (exact) mass is 415 g/mol. The minimum Gasteiger partial charge on any atom is -0.383 e. The van der Waals surface area contributed by atoms with E-state index in [1.54, 1.807) is 13.2 Å². The normalized spacial score (nSPS) is 22.9. The third-order valence-corrected chi connectivity index (χ3v) is 5.94. The van der Waals surface area contributed by atoms with Crippen LogP contribution in [0.5, 0.6) is 0 Å². The van der Waals surface area contributed by atoms with Crippen molar-refractivity contribution >= 4 is 5.91 Å². The number of ether oxygens (including phenoxy) is 2. The van der Waals surface area contributed by atoms with Crippen molar-refractivity contribution in [2.24, 2.45) is 0 Å². The Morgan fingerprint density at radius 3 is 2.87 bits per heavy atom. The Morgan fingerprint density at radius 2 is 2.10 bits per heavy atom. The van der Waals surface area contributed by atoms with Crippen LogP contribution < -0.4 is 0 Å². The Kier molecular flexibility index (Phi) is 6.35. The number of tetrazole rings is 1. The summed E-state index contributed by atoms with van der Waals surface area (Å²) in [4.78, 5) is 22.0. The molecule has 30 heavy (non-hydrogen) atoms. The number of pyridine rings is 1. The molecule has 4 heterocycles. The summed E-state index contributed by atoms with van der Waals surface area (Å²) in [5.74, 6) is 0.739. The van der Waals surface area contributed by atoms with Crippen LogP contribution in [0.25, 0.3) is 0 Å². The average molecular weight is 415 g/mol. The Morgan fingerprint density at radius 1 is 1.27 bits per heavy atom. The van der Waals surface area contributed by atoms with Gasteiger partial charge < -0.3 is 14.4 Å². The third-order valence-electron chi connectivity index (χ3n) is 5.94. The van der Waals surface area contributed by atoms with Crippen LogP contribution in [-0.4, -0.2) is 94.0 Å². The maximum Gasteiger partial charge on any atom is 0.272 e. The van der Waals surface area contributed by atoms with E-state index in [0.29, 0.717) is 45.1 Å². The zero-order chi connectivity index (χ0) is 21.0. The molecule has 0 radical (unpaired) electrons. The van der Waals surface area contributed by atoms with Crippen LogP contribution in [0.15, 0.2) is 18.2 Å². The lowest BCUT2D eigenvalue weighted by atomic mass is 9.85. The van der Waals surface area contributed by atoms with Crippen LogP contribution in [0, 0.1) is 6.92 Å². The minimum atomic E-state index is -0.460. The number of piperidine rings is 1. The molecule has 0 aliphatic carbocycles. The maximum atomic E-state index is 13.3. The van der Waals surface area contributed by atoms with Crippen LogP contribution in [-0.2, 0) is 21.6 Å². The van der Waals surface area contributed by atoms with Gasteiger partial charge in [-0.15, -0.1) is 5.10 Å². The van der Waals surface area contributed by atoms with Gasteiger partial charge in [0.25, 0.3) is 5.91 Å². The van der Waals surface area contributed by atoms with Gasteiger partial charge in [0.15, 0.2) is 5.82 Å². The predicted molar refractivity (Wildman–Crippen MR) is 108 cm³/mol. The highest BCUT2D eigenvalue weighted by Gasteiger charge is 2.47. The zero-order valence-electron chi connectivity index (χ0n) is 17.7. The molecule has 0 spiro atoms. The lowest BCUT2D eigenvalue weighted by Crippen LogP contribution is -2.61. The molecular formula is C20H29N7O3. The van der Waals surface area contributed by atoms with Crippen molar-refractivity contribution in [1.29, 1.82) is 0 Å². The number of rotatable bonds is 6. The standard InChI is InChI=1S/C20H29N7O3/c1-16-5-3-6-17(21-16)18(28)25-8-4-7-20(15-25,26-9-13-30-14-10-26)19-22-23-24-27(19)11-12-29-2/h3,5-6H,4,7-15H2,1-2H3. The van der Waals surface area contributed by atoms with Crippen LogP contribution in [0.2, 0.25) is 0 Å². The van der Waals surface area contributed by atoms with Gasteiger partial charge in [-0.1, -0.05) is 6.07 Å². The van der Waals surface area contributed by atoms with E-state index >= 15 is 0 Å². The molecule has 2 aromatic rings. The van der Waals surface area contributed by atoms with Crippen LogP contribution in [0.4, 0.5) is 0 Å². The predicted octanol–water partition coefficient (Wildman–Crippen LogP) is 0.487. The van der Waals surface area contributed by atoms with Crippen molar-refractivity contribution in [1.82, 2.24) is 35.0 Å². The molecule has 0 N–H and O–H groups in total. The molecule has 10 nitrogen and oxygen atoms in total. The van der Waals surface area contributed by atoms with E-state index in [1.807, 2.05) is 28.6 Å². The van der Waals surface area contributed by atoms with Crippen molar-refractivity contribution in [3.63, 3.8) is 0 Å². The SMILES string of the molecule is COCCn1nnnc1C1(N2CCOCC2)CCCN(C(=O)c2cccc(C)n2)C1. The molecule has 0 saturated carbocycles. The van der Waals surface area contributed by atoms with Gasteiger partial charge in [-0.05, 0) is 42.3 Å². The fraction of sp³-hybridized carbons (Fsp3) is 0.650. The number of methoxy groups -OCH3 is 1. The van der Waals surface area contributed by atoms with Gasteiger partial charge in [0.1, 0.15) is 11.2 Å². The molecule has 2 aliphatic heterocycles. The molecular weight excluding hydrogens is 386 g/mol. The molecule has 162 valence electrons. The third kappa shape index (κ3) is 4.07. The molecule has 0 bridgehead atoms. The smallest absolute Gasteiger partial charge is 0.272 e. The largest absolute Gasteiger partial charge is 0.383 e. The van der Waals surface area contributed by atoms with Gasteiger partial charge >= 0.3 is 0 Å². The van der Waals surface area contributed by atoms with E-state index in [0.717, 1.165) is 37.4 Å². The molecule has 2 saturated heterocycles. The Bertz CT molecular complexity index is 868. The summed E-state index contributed by atoms with van der Waals surface area (Å²) in [6, 6.07) is 5.55. The Balaban J connectivity index is 1.67. The highest BCUT2D eigenvalue weighted by Crippen LogP contribution is 2.37. The summed E-state index contributed by atoms with van der Waals surface area (Å²) in [6.07, 6.45) is 1.75. The first-order chi connectivity index (χ1) is 14.6. The first-order valence-corrected chi connectivity index (χ1v) is 10.5. The number of amides is 1. The zero-order valence-corrected chi connectivity index (χ0v) is 17.7. The number of morpholine rings is 1. The number of carbonyl (C=O) groups excluding carboxylic acids is 1. The first kappa shape index (κ1) is 20.8. The molecule has 0 aromatic carbocycles. The number of nitrogens with zero attached hydrogens (tertiary/aromatic N) is 7. The summed E-state index contributed by atoms with van der Waals surface area (Å²) in [5, 5.41) is 12.6. The summed E-state index contributed by atoms with van der Waals surface area (Å²) in [7, 11) is 1.66. The Labute approximate surface area is 176 Å². The van der Waals surface area contributed by atoms with E-state index in [-0.39, 0.29) is 5.91 Å². The van der Waals surface area contributed by atoms with E-state index in [1.165, 1.54) is 0 Å². The van der Waals surface area contributed by atoms with Gasteiger partial charge in [-0.25, -0.2) is 9.67 Å². The van der Waals surface area contributed by atoms with Gasteiger partial charge in [-0.3, -0.25) is 9.69 Å². The minimum absolute atomic E-state index is 0.0491. The summed E-state index contributed by atoms with van der Waals surface area (Å²) >= 11 is 0. The molecule has 1 atom stereocenters. The van der Waals surface area contributed by atoms with Crippen LogP contribution in [0.3, 0.4) is 0 Å². The highest BCUT2D eigenvalue weighted by molar-refractivity contribution is 5.92. The van der Waals surface area contributed by atoms with Gasteiger partial charge in [0.2, 0.25) is 0 Å². The molecule has 2 fully saturated rings. The van der Waals surface area contributed by atoms with Crippen LogP contribution in [0.1, 0.15) is 34.8 Å². The number of aromatic nitrogens is 5. The van der Waals surface area contributed by atoms with Crippen molar-refractivity contribution in [3.8, 4) is 0 Å². The van der Waals surface area contributed by atoms with E-state index < -0.39 is 5.54 Å². The van der Waals surface area contributed by atoms with E-state index in [4.69, 9.17) is 9.47 Å². The number of carbonyl (C=O) groups is 1. The number of likely N-dealkylation sites (tertiary alicyclic amines) is 1. The van der Waals surface area contributed by atoms with Crippen molar-refractivity contribution in [2.45, 2.75) is 31.8 Å². The molecule has 1 unspecified atom stereocenters. The van der Waals surface area contributed by atoms with E-state index in [2.05, 4.69) is 25.4 Å². The highest BCUT2D eigenvalue weighted by atomic mass is 16.5. The van der Waals surface area contributed by atoms with Crippen molar-refractivity contribution in [2.75, 3.05) is 53.1 Å². The van der Waals surface area contributed by atoms with Crippen molar-refractivity contribution in [3.05, 3.63) is 35.4 Å². The van der Waals surface area contributed by atoms with Gasteiger partial charge in [0, 0.05) is 39.0 Å². The molecule has 2 aromatic heterocycles. The molecule has 1 amide bonds. The fourth-order valence-electron chi connectivity index (χ4n) is 4.47. The molecule has 2 aliphatic rings. The topological polar surface area (TPSA) is 98.5 Å².